The molecule has 5 heteroatoms. The standard InChI is InChI=1S/C6H9N2O2.CH3.Y/c9-4-8-6(10)5-1-2-7-3-5;;/h4,7H,1-3H2,(H,8,9,10);1H3;/q2*-1;. The molecule has 1 aliphatic heterocycles. The van der Waals surface area contributed by atoms with E-state index in [1.165, 1.54) is 0 Å². The van der Waals surface area contributed by atoms with Gasteiger partial charge in [-0.25, -0.2) is 0 Å². The van der Waals surface area contributed by atoms with Gasteiger partial charge in [-0.15, -0.1) is 13.0 Å². The molecule has 1 rings (SSSR count). The van der Waals surface area contributed by atoms with Crippen LogP contribution in [0.15, 0.2) is 0 Å². The summed E-state index contributed by atoms with van der Waals surface area (Å²) in [7, 11) is 0. The van der Waals surface area contributed by atoms with Crippen molar-refractivity contribution in [2.75, 3.05) is 13.1 Å². The predicted octanol–water partition coefficient (Wildman–Crippen LogP) is -0.725. The van der Waals surface area contributed by atoms with Crippen LogP contribution in [-0.2, 0) is 42.3 Å². The van der Waals surface area contributed by atoms with E-state index in [1.54, 1.807) is 0 Å². The van der Waals surface area contributed by atoms with Crippen LogP contribution in [0.4, 0.5) is 0 Å². The molecule has 0 bridgehead atoms. The van der Waals surface area contributed by atoms with Crippen molar-refractivity contribution in [1.82, 2.24) is 10.6 Å². The fraction of sp³-hybridized carbons (Fsp3) is 0.429. The Labute approximate surface area is 97.7 Å². The number of hydrogen-bond acceptors (Lipinski definition) is 3. The van der Waals surface area contributed by atoms with Crippen molar-refractivity contribution in [3.63, 3.8) is 0 Å². The van der Waals surface area contributed by atoms with Crippen molar-refractivity contribution in [1.29, 1.82) is 0 Å². The Morgan fingerprint density at radius 3 is 2.67 bits per heavy atom. The molecular weight excluding hydrogens is 233 g/mol. The zero-order chi connectivity index (χ0) is 7.40. The number of carbonyl (C=O) groups is 2. The molecular formula is C7H12N2O2Y-2. The molecule has 0 aromatic carbocycles. The summed E-state index contributed by atoms with van der Waals surface area (Å²) in [5.41, 5.74) is 0. The summed E-state index contributed by atoms with van der Waals surface area (Å²) in [6.45, 7) is 1.45. The van der Waals surface area contributed by atoms with Gasteiger partial charge < -0.3 is 22.9 Å². The van der Waals surface area contributed by atoms with Gasteiger partial charge in [0.1, 0.15) is 0 Å². The van der Waals surface area contributed by atoms with E-state index in [2.05, 4.69) is 10.6 Å². The topological polar surface area (TPSA) is 58.2 Å². The first-order chi connectivity index (χ1) is 4.84. The second kappa shape index (κ2) is 7.71. The van der Waals surface area contributed by atoms with Gasteiger partial charge >= 0.3 is 0 Å². The summed E-state index contributed by atoms with van der Waals surface area (Å²) in [6.07, 6.45) is 1.16. The van der Waals surface area contributed by atoms with Crippen molar-refractivity contribution < 1.29 is 42.3 Å². The van der Waals surface area contributed by atoms with Crippen LogP contribution >= 0.6 is 0 Å². The van der Waals surface area contributed by atoms with Gasteiger partial charge in [-0.05, 0) is 6.54 Å². The molecule has 0 aromatic heterocycles. The van der Waals surface area contributed by atoms with E-state index in [0.717, 1.165) is 18.9 Å². The molecule has 0 saturated carbocycles. The molecule has 1 aliphatic rings. The Bertz CT molecular complexity index is 146. The first kappa shape index (κ1) is 14.6. The minimum absolute atomic E-state index is 0. The summed E-state index contributed by atoms with van der Waals surface area (Å²) in [5, 5.41) is 5.09. The van der Waals surface area contributed by atoms with Crippen LogP contribution in [-0.4, -0.2) is 25.4 Å². The fourth-order valence-electron chi connectivity index (χ4n) is 0.916. The molecule has 4 nitrogen and oxygen atoms in total. The normalized spacial score (nSPS) is 14.2. The Hall–Kier alpha value is 0.0739. The van der Waals surface area contributed by atoms with Gasteiger partial charge in [0.25, 0.3) is 0 Å². The number of rotatable bonds is 2. The van der Waals surface area contributed by atoms with Gasteiger partial charge in [0.05, 0.1) is 5.91 Å². The molecule has 12 heavy (non-hydrogen) atoms. The number of imide groups is 1. The van der Waals surface area contributed by atoms with E-state index < -0.39 is 0 Å². The second-order valence-corrected chi connectivity index (χ2v) is 2.12. The third kappa shape index (κ3) is 4.19. The van der Waals surface area contributed by atoms with Crippen molar-refractivity contribution in [2.45, 2.75) is 6.42 Å². The third-order valence-electron chi connectivity index (χ3n) is 1.45. The van der Waals surface area contributed by atoms with E-state index >= 15 is 0 Å². The van der Waals surface area contributed by atoms with Crippen molar-refractivity contribution in [2.24, 2.45) is 0 Å². The van der Waals surface area contributed by atoms with Crippen molar-refractivity contribution >= 4 is 12.3 Å². The van der Waals surface area contributed by atoms with Gasteiger partial charge in [0, 0.05) is 32.7 Å². The van der Waals surface area contributed by atoms with Crippen LogP contribution in [0, 0.1) is 13.3 Å². The van der Waals surface area contributed by atoms with E-state index in [9.17, 15) is 9.59 Å². The molecule has 0 atom stereocenters. The second-order valence-electron chi connectivity index (χ2n) is 2.12. The molecule has 1 saturated heterocycles. The number of carbonyl (C=O) groups excluding carboxylic acids is 2. The minimum Gasteiger partial charge on any atom is -0.358 e. The van der Waals surface area contributed by atoms with Gasteiger partial charge in [0.2, 0.25) is 6.41 Å². The van der Waals surface area contributed by atoms with E-state index in [0.29, 0.717) is 13.0 Å². The zero-order valence-electron chi connectivity index (χ0n) is 7.09. The average Bonchev–Trinajstić information content (AvgIpc) is 2.38. The zero-order valence-corrected chi connectivity index (χ0v) is 9.93. The van der Waals surface area contributed by atoms with Gasteiger partial charge in [-0.3, -0.25) is 10.7 Å². The molecule has 1 radical (unpaired) electrons. The molecule has 0 aliphatic carbocycles. The van der Waals surface area contributed by atoms with Crippen LogP contribution in [0.3, 0.4) is 0 Å². The summed E-state index contributed by atoms with van der Waals surface area (Å²) in [4.78, 5) is 20.6. The Morgan fingerprint density at radius 2 is 2.25 bits per heavy atom. The molecule has 0 spiro atoms. The Morgan fingerprint density at radius 1 is 1.58 bits per heavy atom. The van der Waals surface area contributed by atoms with Crippen LogP contribution in [0.5, 0.6) is 0 Å². The quantitative estimate of drug-likeness (QED) is 0.498. The third-order valence-corrected chi connectivity index (χ3v) is 1.45. The first-order valence-corrected chi connectivity index (χ1v) is 3.14. The minimum atomic E-state index is -0.250. The van der Waals surface area contributed by atoms with Crippen LogP contribution < -0.4 is 10.6 Å². The van der Waals surface area contributed by atoms with E-state index in [1.807, 2.05) is 0 Å². The largest absolute Gasteiger partial charge is 0.358 e. The molecule has 0 unspecified atom stereocenters. The van der Waals surface area contributed by atoms with Crippen LogP contribution in [0.2, 0.25) is 0 Å². The summed E-state index contributed by atoms with van der Waals surface area (Å²) in [6, 6.07) is 0. The summed E-state index contributed by atoms with van der Waals surface area (Å²) >= 11 is 0. The first-order valence-electron chi connectivity index (χ1n) is 3.14. The van der Waals surface area contributed by atoms with Crippen LogP contribution in [0.1, 0.15) is 6.42 Å². The molecule has 1 heterocycles. The smallest absolute Gasteiger partial charge is 0.211 e. The number of hydrogen-bond donors (Lipinski definition) is 2. The van der Waals surface area contributed by atoms with E-state index in [4.69, 9.17) is 0 Å². The van der Waals surface area contributed by atoms with Crippen molar-refractivity contribution in [3.05, 3.63) is 13.3 Å². The maximum Gasteiger partial charge on any atom is 0.211 e. The fourth-order valence-corrected chi connectivity index (χ4v) is 0.916. The molecule has 67 valence electrons. The van der Waals surface area contributed by atoms with Gasteiger partial charge in [-0.1, -0.05) is 0 Å². The molecule has 2 N–H and O–H groups in total. The Balaban J connectivity index is 0. The SMILES string of the molecule is O=CNC(=O)[C-]1CCNC1.[CH3-].[Y]. The van der Waals surface area contributed by atoms with Crippen molar-refractivity contribution in [3.8, 4) is 0 Å². The summed E-state index contributed by atoms with van der Waals surface area (Å²) in [5.74, 6) is 0.507. The maximum atomic E-state index is 10.8. The number of nitrogens with one attached hydrogen (secondary N) is 2. The number of amides is 2. The molecule has 1 fully saturated rings. The van der Waals surface area contributed by atoms with Crippen LogP contribution in [0.25, 0.3) is 0 Å². The predicted molar refractivity (Wildman–Crippen MR) is 41.4 cm³/mol. The van der Waals surface area contributed by atoms with E-state index in [-0.39, 0.29) is 46.0 Å². The Kier molecular flexibility index (Phi) is 9.37. The van der Waals surface area contributed by atoms with Gasteiger partial charge in [-0.2, -0.15) is 0 Å². The monoisotopic (exact) mass is 245 g/mol. The molecule has 0 aromatic rings. The maximum absolute atomic E-state index is 10.8. The van der Waals surface area contributed by atoms with Gasteiger partial charge in [0.15, 0.2) is 0 Å². The molecule has 2 amide bonds. The average molecular weight is 245 g/mol. The summed E-state index contributed by atoms with van der Waals surface area (Å²) < 4.78 is 0.